The van der Waals surface area contributed by atoms with Gasteiger partial charge in [0.1, 0.15) is 0 Å². The number of hydrogen-bond donors (Lipinski definition) is 1. The summed E-state index contributed by atoms with van der Waals surface area (Å²) in [7, 11) is 0. The molecule has 0 aromatic carbocycles. The molecule has 0 spiro atoms. The van der Waals surface area contributed by atoms with Gasteiger partial charge in [0.05, 0.1) is 0 Å². The van der Waals surface area contributed by atoms with Gasteiger partial charge in [0.15, 0.2) is 0 Å². The zero-order valence-corrected chi connectivity index (χ0v) is 13.2. The van der Waals surface area contributed by atoms with Crippen LogP contribution in [0.2, 0.25) is 0 Å². The van der Waals surface area contributed by atoms with E-state index in [4.69, 9.17) is 5.11 Å². The summed E-state index contributed by atoms with van der Waals surface area (Å²) < 4.78 is 0. The molecule has 1 heterocycles. The van der Waals surface area contributed by atoms with Gasteiger partial charge in [-0.15, -0.1) is 0 Å². The van der Waals surface area contributed by atoms with E-state index in [-0.39, 0.29) is 0 Å². The first kappa shape index (κ1) is 15.8. The summed E-state index contributed by atoms with van der Waals surface area (Å²) in [4.78, 5) is 13.6. The Labute approximate surface area is 123 Å². The van der Waals surface area contributed by atoms with Crippen LogP contribution >= 0.6 is 0 Å². The van der Waals surface area contributed by atoms with E-state index in [0.29, 0.717) is 18.3 Å². The lowest BCUT2D eigenvalue weighted by atomic mass is 9.80. The minimum Gasteiger partial charge on any atom is -0.481 e. The molecule has 0 radical (unpaired) electrons. The number of carboxylic acid groups (broad SMARTS) is 1. The van der Waals surface area contributed by atoms with Gasteiger partial charge in [-0.1, -0.05) is 33.1 Å². The zero-order chi connectivity index (χ0) is 14.5. The van der Waals surface area contributed by atoms with Gasteiger partial charge in [-0.2, -0.15) is 0 Å². The molecule has 3 nitrogen and oxygen atoms in total. The minimum absolute atomic E-state index is 0.320. The van der Waals surface area contributed by atoms with Crippen molar-refractivity contribution in [3.63, 3.8) is 0 Å². The van der Waals surface area contributed by atoms with E-state index >= 15 is 0 Å². The molecular formula is C17H31NO2. The summed E-state index contributed by atoms with van der Waals surface area (Å²) in [6, 6.07) is 0.772. The van der Waals surface area contributed by atoms with Crippen molar-refractivity contribution < 1.29 is 9.90 Å². The smallest absolute Gasteiger partial charge is 0.303 e. The van der Waals surface area contributed by atoms with Crippen molar-refractivity contribution in [3.8, 4) is 0 Å². The summed E-state index contributed by atoms with van der Waals surface area (Å²) in [6.45, 7) is 6.81. The largest absolute Gasteiger partial charge is 0.481 e. The molecule has 20 heavy (non-hydrogen) atoms. The first-order chi connectivity index (χ1) is 9.60. The maximum atomic E-state index is 10.9. The highest BCUT2D eigenvalue weighted by Gasteiger charge is 2.31. The number of aliphatic carboxylic acids is 1. The zero-order valence-electron chi connectivity index (χ0n) is 13.2. The van der Waals surface area contributed by atoms with Crippen LogP contribution in [0.3, 0.4) is 0 Å². The molecule has 0 aromatic rings. The van der Waals surface area contributed by atoms with E-state index in [1.807, 2.05) is 0 Å². The third-order valence-corrected chi connectivity index (χ3v) is 5.64. The molecule has 2 rings (SSSR count). The van der Waals surface area contributed by atoms with Crippen molar-refractivity contribution in [2.45, 2.75) is 71.3 Å². The number of hydrogen-bond acceptors (Lipinski definition) is 2. The number of rotatable bonds is 5. The van der Waals surface area contributed by atoms with Gasteiger partial charge in [-0.3, -0.25) is 4.79 Å². The fraction of sp³-hybridized carbons (Fsp3) is 0.941. The maximum absolute atomic E-state index is 10.9. The summed E-state index contributed by atoms with van der Waals surface area (Å²) >= 11 is 0. The Morgan fingerprint density at radius 1 is 1.30 bits per heavy atom. The average Bonchev–Trinajstić information content (AvgIpc) is 2.47. The minimum atomic E-state index is -0.640. The van der Waals surface area contributed by atoms with Crippen molar-refractivity contribution >= 4 is 5.97 Å². The highest BCUT2D eigenvalue weighted by Crippen LogP contribution is 2.34. The van der Waals surface area contributed by atoms with Crippen molar-refractivity contribution in [1.82, 2.24) is 4.90 Å². The first-order valence-electron chi connectivity index (χ1n) is 8.56. The lowest BCUT2D eigenvalue weighted by Crippen LogP contribution is -2.46. The summed E-state index contributed by atoms with van der Waals surface area (Å²) in [5.41, 5.74) is 0. The molecule has 0 amide bonds. The molecule has 0 aromatic heterocycles. The topological polar surface area (TPSA) is 40.5 Å². The van der Waals surface area contributed by atoms with Crippen LogP contribution in [0.1, 0.15) is 65.2 Å². The summed E-state index contributed by atoms with van der Waals surface area (Å²) in [5, 5.41) is 8.98. The van der Waals surface area contributed by atoms with Crippen LogP contribution < -0.4 is 0 Å². The number of piperidine rings is 1. The van der Waals surface area contributed by atoms with Gasteiger partial charge >= 0.3 is 5.97 Å². The van der Waals surface area contributed by atoms with Crippen molar-refractivity contribution in [1.29, 1.82) is 0 Å². The molecule has 2 aliphatic rings. The summed E-state index contributed by atoms with van der Waals surface area (Å²) in [6.07, 6.45) is 9.66. The molecule has 1 aliphatic carbocycles. The molecular weight excluding hydrogens is 250 g/mol. The van der Waals surface area contributed by atoms with Gasteiger partial charge in [0.2, 0.25) is 0 Å². The van der Waals surface area contributed by atoms with Crippen LogP contribution in [-0.4, -0.2) is 35.1 Å². The highest BCUT2D eigenvalue weighted by atomic mass is 16.4. The number of nitrogens with zero attached hydrogens (tertiary/aromatic N) is 1. The molecule has 1 N–H and O–H groups in total. The second-order valence-corrected chi connectivity index (χ2v) is 7.07. The Morgan fingerprint density at radius 3 is 2.80 bits per heavy atom. The molecule has 1 aliphatic heterocycles. The monoisotopic (exact) mass is 281 g/mol. The van der Waals surface area contributed by atoms with E-state index in [0.717, 1.165) is 18.5 Å². The summed E-state index contributed by atoms with van der Waals surface area (Å²) in [5.74, 6) is 1.19. The number of carbonyl (C=O) groups is 1. The maximum Gasteiger partial charge on any atom is 0.303 e. The van der Waals surface area contributed by atoms with Crippen LogP contribution in [0.25, 0.3) is 0 Å². The fourth-order valence-corrected chi connectivity index (χ4v) is 4.24. The Kier molecular flexibility index (Phi) is 5.88. The van der Waals surface area contributed by atoms with Gasteiger partial charge in [-0.25, -0.2) is 0 Å². The SMILES string of the molecule is CCC1CCCC(N2CCCC(C(C)CC(=O)O)C2)C1. The van der Waals surface area contributed by atoms with Crippen LogP contribution in [0, 0.1) is 17.8 Å². The Morgan fingerprint density at radius 2 is 2.10 bits per heavy atom. The fourth-order valence-electron chi connectivity index (χ4n) is 4.24. The lowest BCUT2D eigenvalue weighted by Gasteiger charge is -2.43. The Bertz CT molecular complexity index is 318. The molecule has 0 bridgehead atoms. The lowest BCUT2D eigenvalue weighted by molar-refractivity contribution is -0.138. The van der Waals surface area contributed by atoms with E-state index in [9.17, 15) is 4.79 Å². The van der Waals surface area contributed by atoms with E-state index < -0.39 is 5.97 Å². The van der Waals surface area contributed by atoms with E-state index in [1.165, 1.54) is 51.5 Å². The highest BCUT2D eigenvalue weighted by molar-refractivity contribution is 5.67. The molecule has 1 saturated carbocycles. The molecule has 4 unspecified atom stereocenters. The predicted molar refractivity (Wildman–Crippen MR) is 81.8 cm³/mol. The third-order valence-electron chi connectivity index (χ3n) is 5.64. The second-order valence-electron chi connectivity index (χ2n) is 7.07. The molecule has 3 heteroatoms. The standard InChI is InChI=1S/C17H31NO2/c1-3-14-6-4-8-16(11-14)18-9-5-7-15(12-18)13(2)10-17(19)20/h13-16H,3-12H2,1-2H3,(H,19,20). The first-order valence-corrected chi connectivity index (χ1v) is 8.56. The quantitative estimate of drug-likeness (QED) is 0.833. The van der Waals surface area contributed by atoms with Gasteiger partial charge in [-0.05, 0) is 50.0 Å². The van der Waals surface area contributed by atoms with Crippen LogP contribution in [-0.2, 0) is 4.79 Å². The normalized spacial score (nSPS) is 33.8. The molecule has 116 valence electrons. The van der Waals surface area contributed by atoms with Crippen LogP contribution in [0.4, 0.5) is 0 Å². The Balaban J connectivity index is 1.87. The molecule has 2 fully saturated rings. The van der Waals surface area contributed by atoms with Gasteiger partial charge in [0.25, 0.3) is 0 Å². The second kappa shape index (κ2) is 7.44. The molecule has 1 saturated heterocycles. The van der Waals surface area contributed by atoms with E-state index in [1.54, 1.807) is 0 Å². The van der Waals surface area contributed by atoms with Crippen LogP contribution in [0.15, 0.2) is 0 Å². The van der Waals surface area contributed by atoms with Crippen molar-refractivity contribution in [2.75, 3.05) is 13.1 Å². The van der Waals surface area contributed by atoms with E-state index in [2.05, 4.69) is 18.7 Å². The third kappa shape index (κ3) is 4.21. The molecule has 4 atom stereocenters. The van der Waals surface area contributed by atoms with Gasteiger partial charge < -0.3 is 10.0 Å². The number of carboxylic acids is 1. The van der Waals surface area contributed by atoms with Crippen molar-refractivity contribution in [2.24, 2.45) is 17.8 Å². The average molecular weight is 281 g/mol. The number of likely N-dealkylation sites (tertiary alicyclic amines) is 1. The van der Waals surface area contributed by atoms with Gasteiger partial charge in [0, 0.05) is 19.0 Å². The van der Waals surface area contributed by atoms with Crippen molar-refractivity contribution in [3.05, 3.63) is 0 Å². The predicted octanol–water partition coefficient (Wildman–Crippen LogP) is 3.78. The Hall–Kier alpha value is -0.570. The van der Waals surface area contributed by atoms with Crippen LogP contribution in [0.5, 0.6) is 0 Å².